The molecule has 5 rings (SSSR count). The maximum Gasteiger partial charge on any atom is 0.253 e. The van der Waals surface area contributed by atoms with Crippen molar-refractivity contribution in [3.8, 4) is 0 Å². The van der Waals surface area contributed by atoms with Crippen molar-refractivity contribution >= 4 is 5.91 Å². The van der Waals surface area contributed by atoms with E-state index in [1.807, 2.05) is 4.90 Å². The summed E-state index contributed by atoms with van der Waals surface area (Å²) < 4.78 is 11.2. The molecule has 1 amide bonds. The predicted octanol–water partition coefficient (Wildman–Crippen LogP) is 3.33. The number of nitrogens with zero attached hydrogens (tertiary/aromatic N) is 4. The van der Waals surface area contributed by atoms with Crippen LogP contribution < -0.4 is 0 Å². The molecule has 2 aromatic heterocycles. The molecule has 7 heteroatoms. The van der Waals surface area contributed by atoms with E-state index in [-0.39, 0.29) is 11.3 Å². The second kappa shape index (κ2) is 7.86. The third kappa shape index (κ3) is 3.92. The van der Waals surface area contributed by atoms with Gasteiger partial charge in [-0.15, -0.1) is 0 Å². The van der Waals surface area contributed by atoms with Gasteiger partial charge in [-0.3, -0.25) is 9.78 Å². The van der Waals surface area contributed by atoms with Crippen molar-refractivity contribution in [2.24, 2.45) is 5.92 Å². The topological polar surface area (TPSA) is 81.4 Å². The maximum atomic E-state index is 13.1. The first-order chi connectivity index (χ1) is 14.2. The number of pyridine rings is 1. The highest BCUT2D eigenvalue weighted by Crippen LogP contribution is 2.46. The van der Waals surface area contributed by atoms with Gasteiger partial charge in [-0.25, -0.2) is 0 Å². The zero-order valence-electron chi connectivity index (χ0n) is 16.8. The van der Waals surface area contributed by atoms with Crippen LogP contribution in [0.4, 0.5) is 0 Å². The highest BCUT2D eigenvalue weighted by molar-refractivity contribution is 5.94. The Labute approximate surface area is 170 Å². The molecule has 4 heterocycles. The fourth-order valence-corrected chi connectivity index (χ4v) is 4.86. The van der Waals surface area contributed by atoms with Crippen LogP contribution in [0.1, 0.15) is 72.9 Å². The highest BCUT2D eigenvalue weighted by atomic mass is 16.5. The summed E-state index contributed by atoms with van der Waals surface area (Å²) in [6, 6.07) is 3.58. The van der Waals surface area contributed by atoms with Gasteiger partial charge in [0.1, 0.15) is 0 Å². The number of ether oxygens (including phenoxy) is 1. The Morgan fingerprint density at radius 2 is 1.97 bits per heavy atom. The summed E-state index contributed by atoms with van der Waals surface area (Å²) in [5.41, 5.74) is 0.493. The van der Waals surface area contributed by atoms with Crippen molar-refractivity contribution in [2.75, 3.05) is 26.3 Å². The van der Waals surface area contributed by atoms with E-state index in [4.69, 9.17) is 14.2 Å². The van der Waals surface area contributed by atoms with Gasteiger partial charge < -0.3 is 14.2 Å². The summed E-state index contributed by atoms with van der Waals surface area (Å²) in [4.78, 5) is 24.0. The summed E-state index contributed by atoms with van der Waals surface area (Å²) in [5, 5.41) is 4.46. The van der Waals surface area contributed by atoms with Gasteiger partial charge in [0.05, 0.1) is 5.41 Å². The highest BCUT2D eigenvalue weighted by Gasteiger charge is 2.46. The lowest BCUT2D eigenvalue weighted by atomic mass is 9.74. The lowest BCUT2D eigenvalue weighted by Crippen LogP contribution is -2.49. The van der Waals surface area contributed by atoms with Crippen LogP contribution in [-0.4, -0.2) is 52.2 Å². The SMILES string of the molecule is O=C(c1ccncc1)N1CCCC(CC2CC2)(c2noc(C3CCOCC3)n2)C1. The van der Waals surface area contributed by atoms with Crippen LogP contribution in [0.15, 0.2) is 29.0 Å². The fourth-order valence-electron chi connectivity index (χ4n) is 4.86. The molecule has 2 saturated heterocycles. The van der Waals surface area contributed by atoms with Crippen LogP contribution in [-0.2, 0) is 10.2 Å². The summed E-state index contributed by atoms with van der Waals surface area (Å²) in [6.45, 7) is 2.95. The van der Waals surface area contributed by atoms with Crippen LogP contribution in [0.5, 0.6) is 0 Å². The van der Waals surface area contributed by atoms with Crippen LogP contribution in [0.25, 0.3) is 0 Å². The summed E-state index contributed by atoms with van der Waals surface area (Å²) >= 11 is 0. The number of rotatable bonds is 5. The van der Waals surface area contributed by atoms with Crippen molar-refractivity contribution in [3.05, 3.63) is 41.8 Å². The average Bonchev–Trinajstić information content (AvgIpc) is 3.44. The number of carbonyl (C=O) groups is 1. The smallest absolute Gasteiger partial charge is 0.253 e. The van der Waals surface area contributed by atoms with Gasteiger partial charge in [-0.2, -0.15) is 4.98 Å². The van der Waals surface area contributed by atoms with Crippen molar-refractivity contribution in [2.45, 2.75) is 56.3 Å². The number of carbonyl (C=O) groups excluding carboxylic acids is 1. The molecular weight excluding hydrogens is 368 g/mol. The van der Waals surface area contributed by atoms with Gasteiger partial charge in [0.25, 0.3) is 5.91 Å². The molecule has 1 unspecified atom stereocenters. The molecule has 0 N–H and O–H groups in total. The van der Waals surface area contributed by atoms with E-state index in [9.17, 15) is 4.79 Å². The minimum atomic E-state index is -0.199. The van der Waals surface area contributed by atoms with Gasteiger partial charge in [-0.05, 0) is 50.2 Å². The van der Waals surface area contributed by atoms with E-state index in [0.29, 0.717) is 18.0 Å². The van der Waals surface area contributed by atoms with E-state index in [2.05, 4.69) is 10.1 Å². The van der Waals surface area contributed by atoms with Gasteiger partial charge in [0.2, 0.25) is 5.89 Å². The monoisotopic (exact) mass is 396 g/mol. The van der Waals surface area contributed by atoms with Gasteiger partial charge in [0, 0.05) is 50.2 Å². The predicted molar refractivity (Wildman–Crippen MR) is 105 cm³/mol. The molecule has 3 aliphatic rings. The average molecular weight is 396 g/mol. The van der Waals surface area contributed by atoms with Crippen LogP contribution >= 0.6 is 0 Å². The first-order valence-electron chi connectivity index (χ1n) is 10.8. The Morgan fingerprint density at radius 1 is 1.17 bits per heavy atom. The molecule has 0 radical (unpaired) electrons. The Balaban J connectivity index is 1.40. The number of hydrogen-bond donors (Lipinski definition) is 0. The van der Waals surface area contributed by atoms with Crippen molar-refractivity contribution in [1.29, 1.82) is 0 Å². The Bertz CT molecular complexity index is 845. The van der Waals surface area contributed by atoms with E-state index in [1.54, 1.807) is 24.5 Å². The zero-order chi connectivity index (χ0) is 19.7. The molecule has 154 valence electrons. The molecule has 29 heavy (non-hydrogen) atoms. The Kier molecular flexibility index (Phi) is 5.08. The summed E-state index contributed by atoms with van der Waals surface area (Å²) in [5.74, 6) is 2.63. The lowest BCUT2D eigenvalue weighted by molar-refractivity contribution is 0.0607. The van der Waals surface area contributed by atoms with E-state index < -0.39 is 0 Å². The van der Waals surface area contributed by atoms with Gasteiger partial charge in [0.15, 0.2) is 5.82 Å². The van der Waals surface area contributed by atoms with Crippen LogP contribution in [0.3, 0.4) is 0 Å². The number of hydrogen-bond acceptors (Lipinski definition) is 6. The Morgan fingerprint density at radius 3 is 2.72 bits per heavy atom. The first kappa shape index (κ1) is 18.7. The lowest BCUT2D eigenvalue weighted by Gasteiger charge is -2.41. The normalized spacial score (nSPS) is 25.9. The second-order valence-electron chi connectivity index (χ2n) is 8.84. The largest absolute Gasteiger partial charge is 0.381 e. The number of amides is 1. The van der Waals surface area contributed by atoms with Crippen molar-refractivity contribution < 1.29 is 14.1 Å². The van der Waals surface area contributed by atoms with Crippen molar-refractivity contribution in [1.82, 2.24) is 20.0 Å². The molecular formula is C22H28N4O3. The van der Waals surface area contributed by atoms with Crippen molar-refractivity contribution in [3.63, 3.8) is 0 Å². The van der Waals surface area contributed by atoms with Crippen LogP contribution in [0.2, 0.25) is 0 Å². The molecule has 2 aromatic rings. The molecule has 1 atom stereocenters. The standard InChI is InChI=1S/C22H28N4O3/c27-20(18-4-9-23-10-5-18)26-11-1-8-22(15-26,14-16-2-3-16)21-24-19(29-25-21)17-6-12-28-13-7-17/h4-5,9-10,16-17H,1-3,6-8,11-15H2. The number of likely N-dealkylation sites (tertiary alicyclic amines) is 1. The molecule has 0 spiro atoms. The third-order valence-electron chi connectivity index (χ3n) is 6.65. The maximum absolute atomic E-state index is 13.1. The minimum Gasteiger partial charge on any atom is -0.381 e. The van der Waals surface area contributed by atoms with E-state index in [0.717, 1.165) is 69.5 Å². The first-order valence-corrected chi connectivity index (χ1v) is 10.8. The molecule has 3 fully saturated rings. The summed E-state index contributed by atoms with van der Waals surface area (Å²) in [6.07, 6.45) is 10.8. The fraction of sp³-hybridized carbons (Fsp3) is 0.636. The number of piperidine rings is 1. The molecule has 7 nitrogen and oxygen atoms in total. The minimum absolute atomic E-state index is 0.0698. The van der Waals surface area contributed by atoms with Gasteiger partial charge >= 0.3 is 0 Å². The third-order valence-corrected chi connectivity index (χ3v) is 6.65. The second-order valence-corrected chi connectivity index (χ2v) is 8.84. The van der Waals surface area contributed by atoms with Crippen LogP contribution in [0, 0.1) is 5.92 Å². The van der Waals surface area contributed by atoms with Gasteiger partial charge in [-0.1, -0.05) is 18.0 Å². The molecule has 2 aliphatic heterocycles. The van der Waals surface area contributed by atoms with E-state index in [1.165, 1.54) is 12.8 Å². The molecule has 1 aliphatic carbocycles. The molecule has 1 saturated carbocycles. The molecule has 0 aromatic carbocycles. The quantitative estimate of drug-likeness (QED) is 0.771. The zero-order valence-corrected chi connectivity index (χ0v) is 16.8. The van der Waals surface area contributed by atoms with E-state index >= 15 is 0 Å². The summed E-state index contributed by atoms with van der Waals surface area (Å²) in [7, 11) is 0. The Hall–Kier alpha value is -2.28. The molecule has 0 bridgehead atoms. The number of aromatic nitrogens is 3.